The molecule has 1 aromatic carbocycles. The van der Waals surface area contributed by atoms with Crippen LogP contribution in [0.15, 0.2) is 24.3 Å². The van der Waals surface area contributed by atoms with E-state index in [0.29, 0.717) is 12.2 Å². The summed E-state index contributed by atoms with van der Waals surface area (Å²) < 4.78 is 5.50. The second-order valence-corrected chi connectivity index (χ2v) is 4.02. The quantitative estimate of drug-likeness (QED) is 0.625. The fraction of sp³-hybridized carbons (Fsp3) is 0.538. The lowest BCUT2D eigenvalue weighted by Crippen LogP contribution is -2.27. The van der Waals surface area contributed by atoms with E-state index in [-0.39, 0.29) is 6.54 Å². The number of benzene rings is 1. The lowest BCUT2D eigenvalue weighted by molar-refractivity contribution is 0.0243. The highest BCUT2D eigenvalue weighted by molar-refractivity contribution is 5.29. The van der Waals surface area contributed by atoms with Gasteiger partial charge in [-0.1, -0.05) is 25.5 Å². The molecule has 17 heavy (non-hydrogen) atoms. The fourth-order valence-electron chi connectivity index (χ4n) is 1.45. The van der Waals surface area contributed by atoms with Crippen LogP contribution >= 0.6 is 0 Å². The summed E-state index contributed by atoms with van der Waals surface area (Å²) >= 11 is 0. The van der Waals surface area contributed by atoms with Gasteiger partial charge in [-0.05, 0) is 24.1 Å². The Balaban J connectivity index is 2.55. The Morgan fingerprint density at radius 3 is 2.41 bits per heavy atom. The average molecular weight is 239 g/mol. The van der Waals surface area contributed by atoms with Crippen LogP contribution < -0.4 is 10.5 Å². The first-order chi connectivity index (χ1) is 8.19. The number of aliphatic hydroxyl groups excluding tert-OH is 2. The van der Waals surface area contributed by atoms with Crippen molar-refractivity contribution in [1.82, 2.24) is 0 Å². The zero-order valence-electron chi connectivity index (χ0n) is 10.2. The summed E-state index contributed by atoms with van der Waals surface area (Å²) in [5.74, 6) is 0.775. The Labute approximate surface area is 102 Å². The van der Waals surface area contributed by atoms with Crippen molar-refractivity contribution in [2.45, 2.75) is 32.0 Å². The van der Waals surface area contributed by atoms with E-state index in [2.05, 4.69) is 6.92 Å². The van der Waals surface area contributed by atoms with Gasteiger partial charge in [-0.25, -0.2) is 0 Å². The molecule has 0 bridgehead atoms. The summed E-state index contributed by atoms with van der Waals surface area (Å²) in [5, 5.41) is 19.1. The molecule has 0 fully saturated rings. The first-order valence-electron chi connectivity index (χ1n) is 5.98. The molecule has 0 spiro atoms. The molecule has 2 unspecified atom stereocenters. The molecule has 1 aromatic rings. The minimum absolute atomic E-state index is 0.0376. The van der Waals surface area contributed by atoms with E-state index < -0.39 is 12.2 Å². The van der Waals surface area contributed by atoms with Crippen molar-refractivity contribution in [3.63, 3.8) is 0 Å². The molecule has 0 heterocycles. The normalized spacial score (nSPS) is 14.4. The van der Waals surface area contributed by atoms with E-state index in [1.165, 1.54) is 0 Å². The van der Waals surface area contributed by atoms with Gasteiger partial charge in [0.2, 0.25) is 0 Å². The van der Waals surface area contributed by atoms with Gasteiger partial charge in [-0.2, -0.15) is 0 Å². The van der Waals surface area contributed by atoms with Crippen molar-refractivity contribution in [1.29, 1.82) is 0 Å². The van der Waals surface area contributed by atoms with Crippen LogP contribution in [0, 0.1) is 0 Å². The van der Waals surface area contributed by atoms with Gasteiger partial charge in [0.1, 0.15) is 11.9 Å². The topological polar surface area (TPSA) is 75.7 Å². The maximum absolute atomic E-state index is 9.72. The van der Waals surface area contributed by atoms with Gasteiger partial charge in [-0.15, -0.1) is 0 Å². The van der Waals surface area contributed by atoms with Crippen LogP contribution in [0.1, 0.15) is 31.4 Å². The van der Waals surface area contributed by atoms with Gasteiger partial charge in [0.15, 0.2) is 0 Å². The maximum atomic E-state index is 9.72. The molecule has 0 aliphatic carbocycles. The molecule has 0 aliphatic heterocycles. The minimum atomic E-state index is -0.940. The molecule has 0 saturated heterocycles. The van der Waals surface area contributed by atoms with Crippen LogP contribution in [0.3, 0.4) is 0 Å². The van der Waals surface area contributed by atoms with E-state index in [4.69, 9.17) is 10.5 Å². The van der Waals surface area contributed by atoms with Crippen molar-refractivity contribution in [3.05, 3.63) is 29.8 Å². The monoisotopic (exact) mass is 239 g/mol. The molecular weight excluding hydrogens is 218 g/mol. The Hall–Kier alpha value is -1.10. The summed E-state index contributed by atoms with van der Waals surface area (Å²) in [6, 6.07) is 7.06. The summed E-state index contributed by atoms with van der Waals surface area (Å²) in [7, 11) is 0. The van der Waals surface area contributed by atoms with Crippen LogP contribution in [0.2, 0.25) is 0 Å². The summed E-state index contributed by atoms with van der Waals surface area (Å²) in [6.07, 6.45) is 0.252. The number of nitrogens with two attached hydrogens (primary N) is 1. The highest BCUT2D eigenvalue weighted by atomic mass is 16.5. The standard InChI is InChI=1S/C13H21NO3/c1-2-3-8-17-11-6-4-10(5-7-11)13(16)12(15)9-14/h4-7,12-13,15-16H,2-3,8-9,14H2,1H3. The third-order valence-corrected chi connectivity index (χ3v) is 2.59. The second kappa shape index (κ2) is 7.27. The average Bonchev–Trinajstić information content (AvgIpc) is 2.38. The Kier molecular flexibility index (Phi) is 5.97. The molecule has 0 aliphatic rings. The molecule has 0 saturated carbocycles. The zero-order chi connectivity index (χ0) is 12.7. The van der Waals surface area contributed by atoms with Crippen LogP contribution in [0.5, 0.6) is 5.75 Å². The Morgan fingerprint density at radius 1 is 1.24 bits per heavy atom. The van der Waals surface area contributed by atoms with Crippen molar-refractivity contribution < 1.29 is 14.9 Å². The van der Waals surface area contributed by atoms with Crippen LogP contribution in [-0.2, 0) is 0 Å². The lowest BCUT2D eigenvalue weighted by atomic mass is 10.0. The number of unbranched alkanes of at least 4 members (excludes halogenated alkanes) is 1. The van der Waals surface area contributed by atoms with Gasteiger partial charge in [0.25, 0.3) is 0 Å². The molecule has 2 atom stereocenters. The highest BCUT2D eigenvalue weighted by Gasteiger charge is 2.16. The molecule has 0 radical (unpaired) electrons. The number of hydrogen-bond acceptors (Lipinski definition) is 4. The molecule has 4 nitrogen and oxygen atoms in total. The van der Waals surface area contributed by atoms with Crippen LogP contribution in [0.25, 0.3) is 0 Å². The third kappa shape index (κ3) is 4.34. The maximum Gasteiger partial charge on any atom is 0.119 e. The molecular formula is C13H21NO3. The van der Waals surface area contributed by atoms with Gasteiger partial charge in [0, 0.05) is 6.54 Å². The van der Waals surface area contributed by atoms with E-state index >= 15 is 0 Å². The number of ether oxygens (including phenoxy) is 1. The smallest absolute Gasteiger partial charge is 0.119 e. The lowest BCUT2D eigenvalue weighted by Gasteiger charge is -2.16. The van der Waals surface area contributed by atoms with Crippen LogP contribution in [-0.4, -0.2) is 29.5 Å². The van der Waals surface area contributed by atoms with Crippen molar-refractivity contribution in [2.24, 2.45) is 5.73 Å². The first-order valence-corrected chi connectivity index (χ1v) is 5.98. The minimum Gasteiger partial charge on any atom is -0.494 e. The van der Waals surface area contributed by atoms with E-state index in [1.807, 2.05) is 0 Å². The largest absolute Gasteiger partial charge is 0.494 e. The SMILES string of the molecule is CCCCOc1ccc(C(O)C(O)CN)cc1. The Bertz CT molecular complexity index is 313. The molecule has 4 N–H and O–H groups in total. The van der Waals surface area contributed by atoms with Gasteiger partial charge < -0.3 is 20.7 Å². The van der Waals surface area contributed by atoms with Crippen molar-refractivity contribution >= 4 is 0 Å². The number of aliphatic hydroxyl groups is 2. The molecule has 96 valence electrons. The molecule has 1 rings (SSSR count). The summed E-state index contributed by atoms with van der Waals surface area (Å²) in [5.41, 5.74) is 5.93. The summed E-state index contributed by atoms with van der Waals surface area (Å²) in [4.78, 5) is 0. The van der Waals surface area contributed by atoms with Crippen LogP contribution in [0.4, 0.5) is 0 Å². The van der Waals surface area contributed by atoms with Crippen molar-refractivity contribution in [3.8, 4) is 5.75 Å². The van der Waals surface area contributed by atoms with Gasteiger partial charge in [-0.3, -0.25) is 0 Å². The van der Waals surface area contributed by atoms with Gasteiger partial charge >= 0.3 is 0 Å². The third-order valence-electron chi connectivity index (χ3n) is 2.59. The van der Waals surface area contributed by atoms with Crippen molar-refractivity contribution in [2.75, 3.05) is 13.2 Å². The van der Waals surface area contributed by atoms with E-state index in [1.54, 1.807) is 24.3 Å². The molecule has 4 heteroatoms. The van der Waals surface area contributed by atoms with E-state index in [0.717, 1.165) is 18.6 Å². The number of rotatable bonds is 7. The number of hydrogen-bond donors (Lipinski definition) is 3. The predicted molar refractivity (Wildman–Crippen MR) is 66.9 cm³/mol. The van der Waals surface area contributed by atoms with E-state index in [9.17, 15) is 10.2 Å². The summed E-state index contributed by atoms with van der Waals surface area (Å²) in [6.45, 7) is 2.84. The first kappa shape index (κ1) is 14.0. The molecule has 0 amide bonds. The van der Waals surface area contributed by atoms with Gasteiger partial charge in [0.05, 0.1) is 12.7 Å². The highest BCUT2D eigenvalue weighted by Crippen LogP contribution is 2.20. The molecule has 0 aromatic heterocycles. The Morgan fingerprint density at radius 2 is 1.88 bits per heavy atom. The fourth-order valence-corrected chi connectivity index (χ4v) is 1.45. The predicted octanol–water partition coefficient (Wildman–Crippen LogP) is 1.22. The zero-order valence-corrected chi connectivity index (χ0v) is 10.2. The second-order valence-electron chi connectivity index (χ2n) is 4.02.